The largest absolute Gasteiger partial charge is 0.417 e. The predicted octanol–water partition coefficient (Wildman–Crippen LogP) is 6.44. The third kappa shape index (κ3) is 4.48. The molecule has 1 N–H and O–H groups in total. The number of fused-ring (bicyclic) bond motifs is 1. The number of rotatable bonds is 4. The molecule has 0 aliphatic heterocycles. The molecule has 2 heterocycles. The van der Waals surface area contributed by atoms with Gasteiger partial charge in [0.25, 0.3) is 5.91 Å². The summed E-state index contributed by atoms with van der Waals surface area (Å²) in [5.74, 6) is -2.53. The van der Waals surface area contributed by atoms with Crippen molar-refractivity contribution in [2.24, 2.45) is 0 Å². The molecule has 0 saturated carbocycles. The summed E-state index contributed by atoms with van der Waals surface area (Å²) in [6, 6.07) is 15.8. The zero-order valence-corrected chi connectivity index (χ0v) is 18.7. The van der Waals surface area contributed by atoms with Crippen LogP contribution in [0, 0.1) is 12.4 Å². The number of alkyl halides is 3. The van der Waals surface area contributed by atoms with E-state index in [-0.39, 0.29) is 17.7 Å². The van der Waals surface area contributed by atoms with Crippen LogP contribution in [0.4, 0.5) is 29.1 Å². The first-order chi connectivity index (χ1) is 17.8. The Kier molecular flexibility index (Phi) is 5.85. The molecule has 5 rings (SSSR count). The fraction of sp³-hybridized carbons (Fsp3) is 0.0385. The van der Waals surface area contributed by atoms with Crippen LogP contribution in [0.1, 0.15) is 15.9 Å². The number of anilines is 1. The van der Waals surface area contributed by atoms with Crippen LogP contribution >= 0.6 is 0 Å². The molecule has 0 spiro atoms. The Morgan fingerprint density at radius 2 is 1.70 bits per heavy atom. The minimum atomic E-state index is -4.91. The molecule has 5 aromatic rings. The fourth-order valence-corrected chi connectivity index (χ4v) is 3.80. The molecule has 0 unspecified atom stereocenters. The molecule has 0 aliphatic carbocycles. The zero-order chi connectivity index (χ0) is 26.2. The summed E-state index contributed by atoms with van der Waals surface area (Å²) in [6.45, 7) is 7.23. The van der Waals surface area contributed by atoms with E-state index in [1.807, 2.05) is 0 Å². The molecule has 0 aliphatic rings. The number of aromatic nitrogens is 4. The van der Waals surface area contributed by atoms with Gasteiger partial charge in [-0.05, 0) is 36.4 Å². The van der Waals surface area contributed by atoms with Crippen LogP contribution in [0.3, 0.4) is 0 Å². The van der Waals surface area contributed by atoms with E-state index in [0.29, 0.717) is 22.3 Å². The molecule has 2 aromatic heterocycles. The maximum Gasteiger partial charge on any atom is 0.417 e. The average Bonchev–Trinajstić information content (AvgIpc) is 3.26. The third-order valence-corrected chi connectivity index (χ3v) is 5.48. The first kappa shape index (κ1) is 23.6. The number of hydrogen-bond donors (Lipinski definition) is 1. The van der Waals surface area contributed by atoms with E-state index in [1.54, 1.807) is 36.4 Å². The quantitative estimate of drug-likeness (QED) is 0.227. The van der Waals surface area contributed by atoms with Gasteiger partial charge in [0.1, 0.15) is 11.6 Å². The highest BCUT2D eigenvalue weighted by atomic mass is 19.4. The summed E-state index contributed by atoms with van der Waals surface area (Å²) in [5.41, 5.74) is -1.21. The second-order valence-corrected chi connectivity index (χ2v) is 7.81. The summed E-state index contributed by atoms with van der Waals surface area (Å²) in [7, 11) is 0. The van der Waals surface area contributed by atoms with E-state index in [0.717, 1.165) is 6.07 Å². The third-order valence-electron chi connectivity index (χ3n) is 5.48. The lowest BCUT2D eigenvalue weighted by atomic mass is 10.0. The number of para-hydroxylation sites is 1. The Balaban J connectivity index is 1.64. The van der Waals surface area contributed by atoms with Crippen molar-refractivity contribution < 1.29 is 22.4 Å². The van der Waals surface area contributed by atoms with Gasteiger partial charge in [-0.3, -0.25) is 4.79 Å². The molecule has 3 aromatic carbocycles. The van der Waals surface area contributed by atoms with Crippen LogP contribution in [0.25, 0.3) is 32.8 Å². The highest BCUT2D eigenvalue weighted by Crippen LogP contribution is 2.38. The number of nitrogens with zero attached hydrogens (tertiary/aromatic N) is 5. The molecule has 182 valence electrons. The van der Waals surface area contributed by atoms with Crippen LogP contribution in [-0.4, -0.2) is 25.7 Å². The Bertz CT molecular complexity index is 1680. The minimum absolute atomic E-state index is 0.152. The molecule has 37 heavy (non-hydrogen) atoms. The second-order valence-electron chi connectivity index (χ2n) is 7.81. The van der Waals surface area contributed by atoms with Gasteiger partial charge in [0.2, 0.25) is 0 Å². The summed E-state index contributed by atoms with van der Waals surface area (Å²) in [4.78, 5) is 24.3. The SMILES string of the molecule is [C-]#[N+]c1ccc2c(NC(=O)c3cc(-c4ncccn4)c(C(F)(F)F)cc3F)n(-c3ccccc3)nc2c1. The summed E-state index contributed by atoms with van der Waals surface area (Å²) < 4.78 is 57.4. The lowest BCUT2D eigenvalue weighted by Gasteiger charge is -2.15. The Morgan fingerprint density at radius 1 is 0.973 bits per heavy atom. The van der Waals surface area contributed by atoms with Gasteiger partial charge in [0, 0.05) is 23.3 Å². The number of carbonyl (C=O) groups excluding carboxylic acids is 1. The maximum atomic E-state index is 14.9. The van der Waals surface area contributed by atoms with Crippen molar-refractivity contribution >= 4 is 28.3 Å². The monoisotopic (exact) mass is 502 g/mol. The van der Waals surface area contributed by atoms with E-state index in [4.69, 9.17) is 6.57 Å². The first-order valence-electron chi connectivity index (χ1n) is 10.7. The van der Waals surface area contributed by atoms with E-state index in [1.165, 1.54) is 35.3 Å². The van der Waals surface area contributed by atoms with Crippen LogP contribution in [0.5, 0.6) is 0 Å². The predicted molar refractivity (Wildman–Crippen MR) is 128 cm³/mol. The van der Waals surface area contributed by atoms with Gasteiger partial charge < -0.3 is 5.32 Å². The molecule has 1 amide bonds. The first-order valence-corrected chi connectivity index (χ1v) is 10.7. The van der Waals surface area contributed by atoms with Crippen LogP contribution in [0.2, 0.25) is 0 Å². The molecule has 0 radical (unpaired) electrons. The van der Waals surface area contributed by atoms with Gasteiger partial charge in [-0.25, -0.2) is 23.9 Å². The van der Waals surface area contributed by atoms with Crippen LogP contribution < -0.4 is 5.32 Å². The van der Waals surface area contributed by atoms with Gasteiger partial charge in [-0.1, -0.05) is 30.3 Å². The number of hydrogen-bond acceptors (Lipinski definition) is 4. The summed E-state index contributed by atoms with van der Waals surface area (Å²) in [5, 5.41) is 7.50. The van der Waals surface area contributed by atoms with Crippen molar-refractivity contribution in [3.8, 4) is 17.1 Å². The topological polar surface area (TPSA) is 77.1 Å². The lowest BCUT2D eigenvalue weighted by molar-refractivity contribution is -0.137. The Morgan fingerprint density at radius 3 is 2.38 bits per heavy atom. The number of halogens is 4. The molecule has 0 bridgehead atoms. The number of carbonyl (C=O) groups is 1. The van der Waals surface area contributed by atoms with E-state index in [2.05, 4.69) is 25.2 Å². The standard InChI is InChI=1S/C26H14F4N6O/c1-31-15-8-9-17-22(12-15)35-36(16-6-3-2-4-7-16)24(17)34-25(37)19-13-18(23-32-10-5-11-33-23)20(14-21(19)27)26(28,29)30/h2-14H,(H,34,37). The summed E-state index contributed by atoms with van der Waals surface area (Å²) in [6.07, 6.45) is -2.42. The van der Waals surface area contributed by atoms with Crippen molar-refractivity contribution in [3.63, 3.8) is 0 Å². The summed E-state index contributed by atoms with van der Waals surface area (Å²) >= 11 is 0. The van der Waals surface area contributed by atoms with Crippen LogP contribution in [0.15, 0.2) is 79.1 Å². The molecule has 11 heteroatoms. The fourth-order valence-electron chi connectivity index (χ4n) is 3.80. The smallest absolute Gasteiger partial charge is 0.306 e. The van der Waals surface area contributed by atoms with Gasteiger partial charge in [0.15, 0.2) is 11.5 Å². The Labute approximate surface area is 206 Å². The molecule has 0 fully saturated rings. The highest BCUT2D eigenvalue weighted by Gasteiger charge is 2.36. The normalized spacial score (nSPS) is 11.3. The average molecular weight is 502 g/mol. The highest BCUT2D eigenvalue weighted by molar-refractivity contribution is 6.09. The number of benzene rings is 3. The van der Waals surface area contributed by atoms with Gasteiger partial charge in [0.05, 0.1) is 28.9 Å². The lowest BCUT2D eigenvalue weighted by Crippen LogP contribution is -2.18. The van der Waals surface area contributed by atoms with Crippen molar-refractivity contribution in [2.45, 2.75) is 6.18 Å². The minimum Gasteiger partial charge on any atom is -0.306 e. The van der Waals surface area contributed by atoms with E-state index >= 15 is 0 Å². The molecule has 7 nitrogen and oxygen atoms in total. The maximum absolute atomic E-state index is 14.9. The zero-order valence-electron chi connectivity index (χ0n) is 18.7. The molecule has 0 atom stereocenters. The Hall–Kier alpha value is -5.11. The molecular formula is C26H14F4N6O. The molecule has 0 saturated heterocycles. The van der Waals surface area contributed by atoms with Gasteiger partial charge in [-0.2, -0.15) is 18.3 Å². The second kappa shape index (κ2) is 9.16. The van der Waals surface area contributed by atoms with Crippen molar-refractivity contribution in [1.82, 2.24) is 19.7 Å². The van der Waals surface area contributed by atoms with Crippen molar-refractivity contribution in [1.29, 1.82) is 0 Å². The van der Waals surface area contributed by atoms with E-state index in [9.17, 15) is 22.4 Å². The van der Waals surface area contributed by atoms with Crippen molar-refractivity contribution in [2.75, 3.05) is 5.32 Å². The number of nitrogens with one attached hydrogen (secondary N) is 1. The van der Waals surface area contributed by atoms with Gasteiger partial charge >= 0.3 is 6.18 Å². The van der Waals surface area contributed by atoms with Crippen molar-refractivity contribution in [3.05, 3.63) is 107 Å². The van der Waals surface area contributed by atoms with Gasteiger partial charge in [-0.15, -0.1) is 0 Å². The molecular weight excluding hydrogens is 488 g/mol. The number of amides is 1. The van der Waals surface area contributed by atoms with E-state index < -0.39 is 34.6 Å². The van der Waals surface area contributed by atoms with Crippen LogP contribution in [-0.2, 0) is 6.18 Å².